The van der Waals surface area contributed by atoms with Crippen molar-refractivity contribution >= 4 is 51.3 Å². The first-order chi connectivity index (χ1) is 11.7. The standard InChI is InChI=1S/C17H18ClN3OS2/c1-23-15-7-6-12(9-19-15)13(8-11-4-2-3-5-11)16(22)21-17-20-10-14(18)24-17/h6-11H,2-5H2,1H3,(H,20,21,22)/b13-8+. The normalized spacial score (nSPS) is 15.7. The third-order valence-electron chi connectivity index (χ3n) is 4.00. The van der Waals surface area contributed by atoms with E-state index >= 15 is 0 Å². The van der Waals surface area contributed by atoms with Crippen molar-refractivity contribution in [3.63, 3.8) is 0 Å². The van der Waals surface area contributed by atoms with Crippen LogP contribution in [0.2, 0.25) is 4.34 Å². The molecule has 1 N–H and O–H groups in total. The number of hydrogen-bond acceptors (Lipinski definition) is 5. The molecule has 126 valence electrons. The first-order valence-electron chi connectivity index (χ1n) is 7.80. The molecule has 2 heterocycles. The Kier molecular flexibility index (Phi) is 5.92. The van der Waals surface area contributed by atoms with Crippen molar-refractivity contribution in [3.05, 3.63) is 40.5 Å². The van der Waals surface area contributed by atoms with Gasteiger partial charge in [0.2, 0.25) is 0 Å². The van der Waals surface area contributed by atoms with E-state index in [9.17, 15) is 4.79 Å². The number of nitrogens with zero attached hydrogens (tertiary/aromatic N) is 2. The number of anilines is 1. The fourth-order valence-corrected chi connectivity index (χ4v) is 3.97. The zero-order valence-electron chi connectivity index (χ0n) is 13.3. The minimum atomic E-state index is -0.161. The van der Waals surface area contributed by atoms with Gasteiger partial charge in [-0.15, -0.1) is 11.8 Å². The van der Waals surface area contributed by atoms with Gasteiger partial charge in [0.05, 0.1) is 11.2 Å². The van der Waals surface area contributed by atoms with Crippen LogP contribution < -0.4 is 5.32 Å². The zero-order chi connectivity index (χ0) is 16.9. The monoisotopic (exact) mass is 379 g/mol. The van der Waals surface area contributed by atoms with E-state index in [4.69, 9.17) is 11.6 Å². The van der Waals surface area contributed by atoms with Gasteiger partial charge in [-0.25, -0.2) is 9.97 Å². The fourth-order valence-electron chi connectivity index (χ4n) is 2.80. The highest BCUT2D eigenvalue weighted by Crippen LogP contribution is 2.30. The fraction of sp³-hybridized carbons (Fsp3) is 0.353. The highest BCUT2D eigenvalue weighted by Gasteiger charge is 2.19. The van der Waals surface area contributed by atoms with E-state index in [0.29, 0.717) is 21.0 Å². The van der Waals surface area contributed by atoms with E-state index in [-0.39, 0.29) is 5.91 Å². The third kappa shape index (κ3) is 4.37. The quantitative estimate of drug-likeness (QED) is 0.578. The lowest BCUT2D eigenvalue weighted by molar-refractivity contribution is -0.111. The summed E-state index contributed by atoms with van der Waals surface area (Å²) in [4.78, 5) is 21.3. The van der Waals surface area contributed by atoms with Crippen molar-refractivity contribution in [2.75, 3.05) is 11.6 Å². The average Bonchev–Trinajstić information content (AvgIpc) is 3.24. The molecule has 0 aliphatic heterocycles. The number of aromatic nitrogens is 2. The number of carbonyl (C=O) groups excluding carboxylic acids is 1. The molecule has 3 rings (SSSR count). The molecular formula is C17H18ClN3OS2. The van der Waals surface area contributed by atoms with Crippen LogP contribution in [0, 0.1) is 5.92 Å². The summed E-state index contributed by atoms with van der Waals surface area (Å²) >= 11 is 8.72. The predicted molar refractivity (Wildman–Crippen MR) is 102 cm³/mol. The molecule has 1 fully saturated rings. The summed E-state index contributed by atoms with van der Waals surface area (Å²) in [5.74, 6) is 0.289. The molecule has 0 saturated heterocycles. The molecule has 1 saturated carbocycles. The smallest absolute Gasteiger partial charge is 0.257 e. The van der Waals surface area contributed by atoms with Crippen molar-refractivity contribution in [2.45, 2.75) is 30.7 Å². The summed E-state index contributed by atoms with van der Waals surface area (Å²) < 4.78 is 0.553. The van der Waals surface area contributed by atoms with Gasteiger partial charge in [-0.1, -0.05) is 41.9 Å². The van der Waals surface area contributed by atoms with Gasteiger partial charge in [0.25, 0.3) is 5.91 Å². The molecule has 24 heavy (non-hydrogen) atoms. The van der Waals surface area contributed by atoms with Crippen LogP contribution in [-0.2, 0) is 4.79 Å². The largest absolute Gasteiger partial charge is 0.298 e. The number of rotatable bonds is 5. The first kappa shape index (κ1) is 17.5. The van der Waals surface area contributed by atoms with Crippen molar-refractivity contribution in [3.8, 4) is 0 Å². The average molecular weight is 380 g/mol. The number of amides is 1. The Hall–Kier alpha value is -1.37. The van der Waals surface area contributed by atoms with Gasteiger partial charge in [0.1, 0.15) is 4.34 Å². The van der Waals surface area contributed by atoms with E-state index < -0.39 is 0 Å². The van der Waals surface area contributed by atoms with Crippen molar-refractivity contribution in [1.29, 1.82) is 0 Å². The summed E-state index contributed by atoms with van der Waals surface area (Å²) in [6.45, 7) is 0. The Balaban J connectivity index is 1.86. The molecule has 0 bridgehead atoms. The van der Waals surface area contributed by atoms with Crippen molar-refractivity contribution in [1.82, 2.24) is 9.97 Å². The van der Waals surface area contributed by atoms with E-state index in [1.807, 2.05) is 18.4 Å². The molecule has 2 aromatic heterocycles. The molecule has 2 aromatic rings. The first-order valence-corrected chi connectivity index (χ1v) is 10.2. The second kappa shape index (κ2) is 8.14. The molecular weight excluding hydrogens is 362 g/mol. The summed E-state index contributed by atoms with van der Waals surface area (Å²) in [6.07, 6.45) is 12.1. The van der Waals surface area contributed by atoms with Crippen LogP contribution in [0.4, 0.5) is 5.13 Å². The van der Waals surface area contributed by atoms with E-state index in [1.165, 1.54) is 30.4 Å². The summed E-state index contributed by atoms with van der Waals surface area (Å²) in [5, 5.41) is 4.29. The zero-order valence-corrected chi connectivity index (χ0v) is 15.7. The van der Waals surface area contributed by atoms with Gasteiger partial charge in [-0.05, 0) is 37.1 Å². The van der Waals surface area contributed by atoms with Crippen LogP contribution in [0.25, 0.3) is 5.57 Å². The van der Waals surface area contributed by atoms with Gasteiger partial charge < -0.3 is 0 Å². The van der Waals surface area contributed by atoms with Gasteiger partial charge in [-0.2, -0.15) is 0 Å². The van der Waals surface area contributed by atoms with Crippen LogP contribution in [0.15, 0.2) is 35.6 Å². The summed E-state index contributed by atoms with van der Waals surface area (Å²) in [5.41, 5.74) is 1.49. The van der Waals surface area contributed by atoms with E-state index in [1.54, 1.807) is 18.0 Å². The van der Waals surface area contributed by atoms with E-state index in [2.05, 4.69) is 21.4 Å². The molecule has 0 radical (unpaired) electrons. The number of carbonyl (C=O) groups is 1. The molecule has 7 heteroatoms. The van der Waals surface area contributed by atoms with Crippen LogP contribution in [0.5, 0.6) is 0 Å². The van der Waals surface area contributed by atoms with Gasteiger partial charge in [-0.3, -0.25) is 10.1 Å². The minimum Gasteiger partial charge on any atom is -0.298 e. The second-order valence-electron chi connectivity index (χ2n) is 5.64. The molecule has 0 unspecified atom stereocenters. The number of thiazole rings is 1. The van der Waals surface area contributed by atoms with Crippen LogP contribution >= 0.6 is 34.7 Å². The van der Waals surface area contributed by atoms with Crippen LogP contribution in [0.1, 0.15) is 31.2 Å². The van der Waals surface area contributed by atoms with Gasteiger partial charge in [0.15, 0.2) is 5.13 Å². The summed E-state index contributed by atoms with van der Waals surface area (Å²) in [7, 11) is 0. The van der Waals surface area contributed by atoms with Crippen LogP contribution in [0.3, 0.4) is 0 Å². The highest BCUT2D eigenvalue weighted by molar-refractivity contribution is 7.98. The molecule has 4 nitrogen and oxygen atoms in total. The van der Waals surface area contributed by atoms with Crippen LogP contribution in [-0.4, -0.2) is 22.1 Å². The lowest BCUT2D eigenvalue weighted by Gasteiger charge is -2.11. The Bertz CT molecular complexity index is 737. The number of pyridine rings is 1. The molecule has 0 atom stereocenters. The number of halogens is 1. The summed E-state index contributed by atoms with van der Waals surface area (Å²) in [6, 6.07) is 3.89. The topological polar surface area (TPSA) is 54.9 Å². The number of allylic oxidation sites excluding steroid dienone is 1. The Morgan fingerprint density at radius 2 is 2.12 bits per heavy atom. The highest BCUT2D eigenvalue weighted by atomic mass is 35.5. The van der Waals surface area contributed by atoms with E-state index in [0.717, 1.165) is 23.4 Å². The molecule has 0 aromatic carbocycles. The third-order valence-corrected chi connectivity index (χ3v) is 5.69. The number of thioether (sulfide) groups is 1. The molecule has 0 spiro atoms. The second-order valence-corrected chi connectivity index (χ2v) is 8.13. The predicted octanol–water partition coefficient (Wildman–Crippen LogP) is 5.13. The maximum absolute atomic E-state index is 12.8. The lowest BCUT2D eigenvalue weighted by Crippen LogP contribution is -2.14. The maximum atomic E-state index is 12.8. The maximum Gasteiger partial charge on any atom is 0.257 e. The Morgan fingerprint density at radius 3 is 2.71 bits per heavy atom. The Morgan fingerprint density at radius 1 is 1.33 bits per heavy atom. The number of nitrogens with one attached hydrogen (secondary N) is 1. The Labute approximate surface area is 154 Å². The molecule has 1 aliphatic carbocycles. The minimum absolute atomic E-state index is 0.161. The van der Waals surface area contributed by atoms with Crippen molar-refractivity contribution < 1.29 is 4.79 Å². The lowest BCUT2D eigenvalue weighted by atomic mass is 9.99. The van der Waals surface area contributed by atoms with Crippen molar-refractivity contribution in [2.24, 2.45) is 5.92 Å². The molecule has 1 aliphatic rings. The van der Waals surface area contributed by atoms with Gasteiger partial charge in [0, 0.05) is 17.3 Å². The molecule has 1 amide bonds. The van der Waals surface area contributed by atoms with Gasteiger partial charge >= 0.3 is 0 Å². The number of hydrogen-bond donors (Lipinski definition) is 1. The SMILES string of the molecule is CSc1ccc(/C(=C\C2CCCC2)C(=O)Nc2ncc(Cl)s2)cn1.